The first-order valence-electron chi connectivity index (χ1n) is 9.40. The van der Waals surface area contributed by atoms with Crippen LogP contribution in [0.5, 0.6) is 0 Å². The lowest BCUT2D eigenvalue weighted by Crippen LogP contribution is -2.16. The summed E-state index contributed by atoms with van der Waals surface area (Å²) in [6.07, 6.45) is 10.6. The van der Waals surface area contributed by atoms with Crippen LogP contribution < -0.4 is 4.80 Å². The van der Waals surface area contributed by atoms with E-state index in [0.29, 0.717) is 23.7 Å². The van der Waals surface area contributed by atoms with Gasteiger partial charge in [-0.25, -0.2) is 8.42 Å². The smallest absolute Gasteiger partial charge is 0.248 e. The lowest BCUT2D eigenvalue weighted by molar-refractivity contribution is -0.118. The van der Waals surface area contributed by atoms with E-state index in [4.69, 9.17) is 0 Å². The molecule has 0 spiro atoms. The van der Waals surface area contributed by atoms with Gasteiger partial charge in [0.15, 0.2) is 14.6 Å². The highest BCUT2D eigenvalue weighted by Gasteiger charge is 2.15. The van der Waals surface area contributed by atoms with Gasteiger partial charge in [0.25, 0.3) is 0 Å². The first kappa shape index (κ1) is 20.0. The molecule has 1 aromatic heterocycles. The van der Waals surface area contributed by atoms with E-state index in [2.05, 4.69) is 11.6 Å². The Balaban J connectivity index is 1.89. The number of rotatable bonds is 6. The molecule has 1 saturated carbocycles. The SMILES string of the molecule is C=CCn1c(=NC(=O)CCC2CCCCC2)sc2cc(S(C)(=O)=O)ccc21. The normalized spacial score (nSPS) is 16.7. The fourth-order valence-corrected chi connectivity index (χ4v) is 5.46. The van der Waals surface area contributed by atoms with Crippen LogP contribution in [0.1, 0.15) is 44.9 Å². The molecule has 0 bridgehead atoms. The Hall–Kier alpha value is -1.73. The molecule has 1 amide bonds. The van der Waals surface area contributed by atoms with E-state index in [-0.39, 0.29) is 10.8 Å². The van der Waals surface area contributed by atoms with Crippen molar-refractivity contribution >= 4 is 37.3 Å². The third kappa shape index (κ3) is 4.96. The average Bonchev–Trinajstić information content (AvgIpc) is 2.97. The van der Waals surface area contributed by atoms with Gasteiger partial charge in [0.1, 0.15) is 0 Å². The van der Waals surface area contributed by atoms with E-state index >= 15 is 0 Å². The van der Waals surface area contributed by atoms with Gasteiger partial charge in [-0.15, -0.1) is 6.58 Å². The molecule has 5 nitrogen and oxygen atoms in total. The molecular weight excluding hydrogens is 380 g/mol. The molecule has 0 unspecified atom stereocenters. The molecule has 0 aliphatic heterocycles. The molecule has 0 N–H and O–H groups in total. The van der Waals surface area contributed by atoms with Crippen LogP contribution in [0.4, 0.5) is 0 Å². The number of carbonyl (C=O) groups excluding carboxylic acids is 1. The number of nitrogens with zero attached hydrogens (tertiary/aromatic N) is 2. The summed E-state index contributed by atoms with van der Waals surface area (Å²) < 4.78 is 26.3. The topological polar surface area (TPSA) is 68.5 Å². The zero-order valence-electron chi connectivity index (χ0n) is 15.7. The Kier molecular flexibility index (Phi) is 6.32. The molecule has 27 heavy (non-hydrogen) atoms. The van der Waals surface area contributed by atoms with Gasteiger partial charge >= 0.3 is 0 Å². The summed E-state index contributed by atoms with van der Waals surface area (Å²) in [5.74, 6) is 0.547. The quantitative estimate of drug-likeness (QED) is 0.679. The van der Waals surface area contributed by atoms with Gasteiger partial charge in [-0.1, -0.05) is 49.5 Å². The molecular formula is C20H26N2O3S2. The predicted molar refractivity (Wildman–Crippen MR) is 110 cm³/mol. The molecule has 2 aromatic rings. The summed E-state index contributed by atoms with van der Waals surface area (Å²) in [6.45, 7) is 4.30. The summed E-state index contributed by atoms with van der Waals surface area (Å²) in [6, 6.07) is 5.02. The van der Waals surface area contributed by atoms with Crippen LogP contribution >= 0.6 is 11.3 Å². The van der Waals surface area contributed by atoms with E-state index in [0.717, 1.165) is 16.6 Å². The first-order valence-corrected chi connectivity index (χ1v) is 12.1. The highest BCUT2D eigenvalue weighted by Crippen LogP contribution is 2.27. The van der Waals surface area contributed by atoms with Crippen LogP contribution in [0.15, 0.2) is 40.7 Å². The van der Waals surface area contributed by atoms with E-state index in [9.17, 15) is 13.2 Å². The van der Waals surface area contributed by atoms with Crippen molar-refractivity contribution in [2.45, 2.75) is 56.4 Å². The van der Waals surface area contributed by atoms with Gasteiger partial charge in [-0.3, -0.25) is 4.79 Å². The summed E-state index contributed by atoms with van der Waals surface area (Å²) in [7, 11) is -3.27. The third-order valence-corrected chi connectivity index (χ3v) is 7.26. The summed E-state index contributed by atoms with van der Waals surface area (Å²) >= 11 is 1.35. The number of carbonyl (C=O) groups is 1. The van der Waals surface area contributed by atoms with E-state index in [1.54, 1.807) is 24.3 Å². The van der Waals surface area contributed by atoms with Crippen molar-refractivity contribution in [3.63, 3.8) is 0 Å². The number of sulfone groups is 1. The Morgan fingerprint density at radius 2 is 2.07 bits per heavy atom. The molecule has 1 heterocycles. The summed E-state index contributed by atoms with van der Waals surface area (Å²) in [4.78, 5) is 17.6. The van der Waals surface area contributed by atoms with Crippen molar-refractivity contribution in [3.8, 4) is 0 Å². The van der Waals surface area contributed by atoms with Crippen LogP contribution in [-0.2, 0) is 21.2 Å². The Morgan fingerprint density at radius 3 is 2.74 bits per heavy atom. The minimum absolute atomic E-state index is 0.103. The highest BCUT2D eigenvalue weighted by atomic mass is 32.2. The van der Waals surface area contributed by atoms with Gasteiger partial charge < -0.3 is 4.57 Å². The Bertz CT molecular complexity index is 1010. The number of aromatic nitrogens is 1. The maximum atomic E-state index is 12.4. The molecule has 0 saturated heterocycles. The number of hydrogen-bond acceptors (Lipinski definition) is 4. The van der Waals surface area contributed by atoms with Gasteiger partial charge in [0.05, 0.1) is 15.1 Å². The van der Waals surface area contributed by atoms with Crippen molar-refractivity contribution < 1.29 is 13.2 Å². The number of hydrogen-bond donors (Lipinski definition) is 0. The van der Waals surface area contributed by atoms with Crippen LogP contribution in [0.2, 0.25) is 0 Å². The molecule has 3 rings (SSSR count). The van der Waals surface area contributed by atoms with Gasteiger partial charge in [0, 0.05) is 19.2 Å². The minimum Gasteiger partial charge on any atom is -0.313 e. The molecule has 1 aromatic carbocycles. The molecule has 146 valence electrons. The summed E-state index contributed by atoms with van der Waals surface area (Å²) in [5.41, 5.74) is 0.867. The highest BCUT2D eigenvalue weighted by molar-refractivity contribution is 7.90. The van der Waals surface area contributed by atoms with Crippen LogP contribution in [-0.4, -0.2) is 25.1 Å². The number of benzene rings is 1. The maximum Gasteiger partial charge on any atom is 0.248 e. The fraction of sp³-hybridized carbons (Fsp3) is 0.500. The predicted octanol–water partition coefficient (Wildman–Crippen LogP) is 4.08. The number of amides is 1. The van der Waals surface area contributed by atoms with Crippen LogP contribution in [0, 0.1) is 5.92 Å². The van der Waals surface area contributed by atoms with Gasteiger partial charge in [0.2, 0.25) is 5.91 Å². The van der Waals surface area contributed by atoms with Gasteiger partial charge in [-0.05, 0) is 30.5 Å². The van der Waals surface area contributed by atoms with Crippen molar-refractivity contribution in [1.82, 2.24) is 4.57 Å². The largest absolute Gasteiger partial charge is 0.313 e. The molecule has 0 radical (unpaired) electrons. The number of fused-ring (bicyclic) bond motifs is 1. The van der Waals surface area contributed by atoms with Gasteiger partial charge in [-0.2, -0.15) is 4.99 Å². The summed E-state index contributed by atoms with van der Waals surface area (Å²) in [5, 5.41) is 0. The van der Waals surface area contributed by atoms with Crippen LogP contribution in [0.3, 0.4) is 0 Å². The molecule has 1 aliphatic rings. The third-order valence-electron chi connectivity index (χ3n) is 5.11. The second-order valence-corrected chi connectivity index (χ2v) is 10.3. The minimum atomic E-state index is -3.27. The Morgan fingerprint density at radius 1 is 1.33 bits per heavy atom. The van der Waals surface area contributed by atoms with E-state index < -0.39 is 9.84 Å². The fourth-order valence-electron chi connectivity index (χ4n) is 3.64. The van der Waals surface area contributed by atoms with E-state index in [1.807, 2.05) is 4.57 Å². The van der Waals surface area contributed by atoms with Crippen LogP contribution in [0.25, 0.3) is 10.2 Å². The average molecular weight is 407 g/mol. The van der Waals surface area contributed by atoms with Crippen molar-refractivity contribution in [2.75, 3.05) is 6.26 Å². The molecule has 0 atom stereocenters. The lowest BCUT2D eigenvalue weighted by Gasteiger charge is -2.20. The first-order chi connectivity index (χ1) is 12.9. The molecule has 7 heteroatoms. The number of thiazole rings is 1. The monoisotopic (exact) mass is 406 g/mol. The van der Waals surface area contributed by atoms with Crippen molar-refractivity contribution in [1.29, 1.82) is 0 Å². The second kappa shape index (κ2) is 8.52. The lowest BCUT2D eigenvalue weighted by atomic mass is 9.86. The van der Waals surface area contributed by atoms with E-state index in [1.165, 1.54) is 49.7 Å². The maximum absolute atomic E-state index is 12.4. The zero-order valence-corrected chi connectivity index (χ0v) is 17.3. The molecule has 1 aliphatic carbocycles. The number of allylic oxidation sites excluding steroid dienone is 1. The second-order valence-electron chi connectivity index (χ2n) is 7.23. The van der Waals surface area contributed by atoms with Crippen molar-refractivity contribution in [2.24, 2.45) is 10.9 Å². The Labute approximate surface area is 164 Å². The molecule has 1 fully saturated rings. The zero-order chi connectivity index (χ0) is 19.4. The standard InChI is InChI=1S/C20H26N2O3S2/c1-3-13-22-17-11-10-16(27(2,24)25)14-18(17)26-20(22)21-19(23)12-9-15-7-5-4-6-8-15/h3,10-11,14-15H,1,4-9,12-13H2,2H3. The van der Waals surface area contributed by atoms with Crippen molar-refractivity contribution in [3.05, 3.63) is 35.7 Å².